The molecule has 0 amide bonds. The third-order valence-electron chi connectivity index (χ3n) is 3.38. The van der Waals surface area contributed by atoms with Crippen LogP contribution in [0, 0.1) is 0 Å². The van der Waals surface area contributed by atoms with Gasteiger partial charge in [0.2, 0.25) is 5.28 Å². The average Bonchev–Trinajstić information content (AvgIpc) is 2.39. The van der Waals surface area contributed by atoms with Crippen molar-refractivity contribution in [2.75, 3.05) is 0 Å². The molecule has 1 aromatic rings. The number of aromatic nitrogens is 2. The highest BCUT2D eigenvalue weighted by Crippen LogP contribution is 2.13. The van der Waals surface area contributed by atoms with Crippen LogP contribution < -0.4 is 0 Å². The lowest BCUT2D eigenvalue weighted by molar-refractivity contribution is 0.650. The van der Waals surface area contributed by atoms with Crippen molar-refractivity contribution in [3.8, 4) is 0 Å². The Balaban J connectivity index is 2.41. The van der Waals surface area contributed by atoms with E-state index in [1.165, 1.54) is 51.4 Å². The van der Waals surface area contributed by atoms with Gasteiger partial charge in [-0.3, -0.25) is 0 Å². The summed E-state index contributed by atoms with van der Waals surface area (Å²) in [5.41, 5.74) is 2.23. The first kappa shape index (κ1) is 16.4. The summed E-state index contributed by atoms with van der Waals surface area (Å²) >= 11 is 6.01. The lowest BCUT2D eigenvalue weighted by atomic mass is 10.1. The number of rotatable bonds is 10. The molecule has 108 valence electrons. The standard InChI is InChI=1S/C16H27ClN2/c1-3-5-7-9-11-14-13-15(19-16(17)18-14)12-10-8-6-4-2/h13H,3-12H2,1-2H3. The summed E-state index contributed by atoms with van der Waals surface area (Å²) < 4.78 is 0. The number of hydrogen-bond donors (Lipinski definition) is 0. The molecule has 19 heavy (non-hydrogen) atoms. The second kappa shape index (κ2) is 10.2. The molecular weight excluding hydrogens is 256 g/mol. The molecular formula is C16H27ClN2. The first-order chi connectivity index (χ1) is 9.26. The zero-order valence-electron chi connectivity index (χ0n) is 12.4. The molecule has 0 aliphatic carbocycles. The van der Waals surface area contributed by atoms with Crippen molar-refractivity contribution in [2.24, 2.45) is 0 Å². The Labute approximate surface area is 123 Å². The number of unbranched alkanes of at least 4 members (excludes halogenated alkanes) is 6. The molecule has 1 heterocycles. The fourth-order valence-corrected chi connectivity index (χ4v) is 2.46. The van der Waals surface area contributed by atoms with Crippen LogP contribution in [0.25, 0.3) is 0 Å². The molecule has 0 bridgehead atoms. The third kappa shape index (κ3) is 7.51. The molecule has 0 N–H and O–H groups in total. The van der Waals surface area contributed by atoms with Crippen LogP contribution in [0.5, 0.6) is 0 Å². The van der Waals surface area contributed by atoms with E-state index < -0.39 is 0 Å². The molecule has 0 fully saturated rings. The van der Waals surface area contributed by atoms with E-state index in [9.17, 15) is 0 Å². The highest BCUT2D eigenvalue weighted by molar-refractivity contribution is 6.28. The Hall–Kier alpha value is -0.630. The van der Waals surface area contributed by atoms with Gasteiger partial charge in [0.25, 0.3) is 0 Å². The van der Waals surface area contributed by atoms with E-state index in [4.69, 9.17) is 11.6 Å². The second-order valence-corrected chi connectivity index (χ2v) is 5.58. The van der Waals surface area contributed by atoms with Gasteiger partial charge in [-0.15, -0.1) is 0 Å². The molecule has 3 heteroatoms. The topological polar surface area (TPSA) is 25.8 Å². The monoisotopic (exact) mass is 282 g/mol. The van der Waals surface area contributed by atoms with Crippen LogP contribution in [0.1, 0.15) is 76.6 Å². The normalized spacial score (nSPS) is 10.9. The van der Waals surface area contributed by atoms with E-state index in [0.29, 0.717) is 5.28 Å². The predicted molar refractivity (Wildman–Crippen MR) is 82.7 cm³/mol. The molecule has 0 atom stereocenters. The van der Waals surface area contributed by atoms with Crippen molar-refractivity contribution in [1.82, 2.24) is 9.97 Å². The van der Waals surface area contributed by atoms with E-state index in [0.717, 1.165) is 24.2 Å². The zero-order valence-corrected chi connectivity index (χ0v) is 13.2. The summed E-state index contributed by atoms with van der Waals surface area (Å²) in [4.78, 5) is 8.66. The van der Waals surface area contributed by atoms with E-state index in [1.54, 1.807) is 0 Å². The minimum Gasteiger partial charge on any atom is -0.223 e. The van der Waals surface area contributed by atoms with Crippen LogP contribution in [0.3, 0.4) is 0 Å². The lowest BCUT2D eigenvalue weighted by Gasteiger charge is -2.05. The van der Waals surface area contributed by atoms with Crippen molar-refractivity contribution < 1.29 is 0 Å². The Morgan fingerprint density at radius 3 is 1.68 bits per heavy atom. The molecule has 0 radical (unpaired) electrons. The number of hydrogen-bond acceptors (Lipinski definition) is 2. The Bertz CT molecular complexity index is 322. The van der Waals surface area contributed by atoms with E-state index >= 15 is 0 Å². The minimum atomic E-state index is 0.415. The first-order valence-corrected chi connectivity index (χ1v) is 8.16. The van der Waals surface area contributed by atoms with Crippen molar-refractivity contribution in [3.63, 3.8) is 0 Å². The van der Waals surface area contributed by atoms with Crippen LogP contribution in [-0.2, 0) is 12.8 Å². The highest BCUT2D eigenvalue weighted by atomic mass is 35.5. The maximum absolute atomic E-state index is 6.01. The molecule has 0 spiro atoms. The lowest BCUT2D eigenvalue weighted by Crippen LogP contribution is -1.99. The molecule has 1 aromatic heterocycles. The minimum absolute atomic E-state index is 0.415. The van der Waals surface area contributed by atoms with Crippen molar-refractivity contribution >= 4 is 11.6 Å². The number of aryl methyl sites for hydroxylation is 2. The SMILES string of the molecule is CCCCCCc1cc(CCCCCC)nc(Cl)n1. The molecule has 1 rings (SSSR count). The smallest absolute Gasteiger partial charge is 0.222 e. The van der Waals surface area contributed by atoms with Crippen molar-refractivity contribution in [1.29, 1.82) is 0 Å². The zero-order chi connectivity index (χ0) is 13.9. The summed E-state index contributed by atoms with van der Waals surface area (Å²) in [5.74, 6) is 0. The van der Waals surface area contributed by atoms with Gasteiger partial charge in [0, 0.05) is 11.4 Å². The number of halogens is 1. The molecule has 0 unspecified atom stereocenters. The van der Waals surface area contributed by atoms with E-state index in [1.807, 2.05) is 0 Å². The third-order valence-corrected chi connectivity index (χ3v) is 3.55. The van der Waals surface area contributed by atoms with Crippen molar-refractivity contribution in [3.05, 3.63) is 22.7 Å². The molecule has 0 aliphatic heterocycles. The molecule has 0 saturated carbocycles. The van der Waals surface area contributed by atoms with Crippen LogP contribution >= 0.6 is 11.6 Å². The molecule has 2 nitrogen and oxygen atoms in total. The summed E-state index contributed by atoms with van der Waals surface area (Å²) in [6.45, 7) is 4.46. The molecule has 0 aromatic carbocycles. The van der Waals surface area contributed by atoms with Crippen molar-refractivity contribution in [2.45, 2.75) is 78.1 Å². The van der Waals surface area contributed by atoms with Crippen LogP contribution in [0.4, 0.5) is 0 Å². The Morgan fingerprint density at radius 2 is 1.26 bits per heavy atom. The predicted octanol–water partition coefficient (Wildman–Crippen LogP) is 5.38. The summed E-state index contributed by atoms with van der Waals surface area (Å²) in [7, 11) is 0. The first-order valence-electron chi connectivity index (χ1n) is 7.78. The van der Waals surface area contributed by atoms with Crippen LogP contribution in [0.2, 0.25) is 5.28 Å². The fraction of sp³-hybridized carbons (Fsp3) is 0.750. The van der Waals surface area contributed by atoms with Gasteiger partial charge in [-0.05, 0) is 43.4 Å². The van der Waals surface area contributed by atoms with Crippen LogP contribution in [-0.4, -0.2) is 9.97 Å². The van der Waals surface area contributed by atoms with Gasteiger partial charge in [-0.25, -0.2) is 9.97 Å². The van der Waals surface area contributed by atoms with Gasteiger partial charge in [0.1, 0.15) is 0 Å². The highest BCUT2D eigenvalue weighted by Gasteiger charge is 2.03. The summed E-state index contributed by atoms with van der Waals surface area (Å²) in [6, 6.07) is 2.14. The largest absolute Gasteiger partial charge is 0.223 e. The second-order valence-electron chi connectivity index (χ2n) is 5.24. The Kier molecular flexibility index (Phi) is 8.81. The quantitative estimate of drug-likeness (QED) is 0.425. The van der Waals surface area contributed by atoms with Gasteiger partial charge < -0.3 is 0 Å². The fourth-order valence-electron chi connectivity index (χ4n) is 2.24. The average molecular weight is 283 g/mol. The van der Waals surface area contributed by atoms with Gasteiger partial charge in [0.15, 0.2) is 0 Å². The van der Waals surface area contributed by atoms with Crippen LogP contribution in [0.15, 0.2) is 6.07 Å². The van der Waals surface area contributed by atoms with Gasteiger partial charge >= 0.3 is 0 Å². The maximum Gasteiger partial charge on any atom is 0.222 e. The summed E-state index contributed by atoms with van der Waals surface area (Å²) in [6.07, 6.45) is 12.2. The molecule has 0 aliphatic rings. The summed E-state index contributed by atoms with van der Waals surface area (Å²) in [5, 5.41) is 0.415. The van der Waals surface area contributed by atoms with E-state index in [-0.39, 0.29) is 0 Å². The van der Waals surface area contributed by atoms with Gasteiger partial charge in [0.05, 0.1) is 0 Å². The molecule has 0 saturated heterocycles. The van der Waals surface area contributed by atoms with Gasteiger partial charge in [-0.2, -0.15) is 0 Å². The number of nitrogens with zero attached hydrogens (tertiary/aromatic N) is 2. The maximum atomic E-state index is 6.01. The Morgan fingerprint density at radius 1 is 0.789 bits per heavy atom. The van der Waals surface area contributed by atoms with E-state index in [2.05, 4.69) is 29.9 Å². The van der Waals surface area contributed by atoms with Gasteiger partial charge in [-0.1, -0.05) is 52.4 Å².